The van der Waals surface area contributed by atoms with Crippen molar-refractivity contribution in [3.8, 4) is 0 Å². The SMILES string of the molecule is Nc1cccc(CNC(=O)c2c(F)cccc2F)c1. The van der Waals surface area contributed by atoms with Crippen LogP contribution in [-0.2, 0) is 6.54 Å². The summed E-state index contributed by atoms with van der Waals surface area (Å²) in [6.07, 6.45) is 0. The van der Waals surface area contributed by atoms with Crippen LogP contribution in [0.2, 0.25) is 0 Å². The molecule has 0 aliphatic heterocycles. The number of nitrogen functional groups attached to an aromatic ring is 1. The number of amides is 1. The molecule has 0 radical (unpaired) electrons. The Labute approximate surface area is 109 Å². The number of carbonyl (C=O) groups excluding carboxylic acids is 1. The summed E-state index contributed by atoms with van der Waals surface area (Å²) >= 11 is 0. The second kappa shape index (κ2) is 5.48. The molecular formula is C14H12F2N2O. The molecule has 0 aliphatic rings. The first kappa shape index (κ1) is 13.0. The quantitative estimate of drug-likeness (QED) is 0.835. The first-order chi connectivity index (χ1) is 9.08. The van der Waals surface area contributed by atoms with Crippen LogP contribution < -0.4 is 11.1 Å². The van der Waals surface area contributed by atoms with E-state index in [-0.39, 0.29) is 6.54 Å². The number of halogens is 2. The summed E-state index contributed by atoms with van der Waals surface area (Å²) in [4.78, 5) is 11.7. The van der Waals surface area contributed by atoms with E-state index >= 15 is 0 Å². The topological polar surface area (TPSA) is 55.1 Å². The highest BCUT2D eigenvalue weighted by atomic mass is 19.1. The molecule has 0 spiro atoms. The molecule has 0 aromatic heterocycles. The molecular weight excluding hydrogens is 250 g/mol. The number of hydrogen-bond donors (Lipinski definition) is 2. The van der Waals surface area contributed by atoms with Crippen LogP contribution >= 0.6 is 0 Å². The van der Waals surface area contributed by atoms with Crippen LogP contribution in [0.1, 0.15) is 15.9 Å². The van der Waals surface area contributed by atoms with Crippen LogP contribution in [0, 0.1) is 11.6 Å². The summed E-state index contributed by atoms with van der Waals surface area (Å²) in [5.74, 6) is -2.56. The number of nitrogens with one attached hydrogen (secondary N) is 1. The Bertz CT molecular complexity index is 594. The van der Waals surface area contributed by atoms with Gasteiger partial charge < -0.3 is 11.1 Å². The molecule has 19 heavy (non-hydrogen) atoms. The molecule has 3 nitrogen and oxygen atoms in total. The molecule has 0 saturated carbocycles. The fraction of sp³-hybridized carbons (Fsp3) is 0.0714. The lowest BCUT2D eigenvalue weighted by atomic mass is 10.1. The van der Waals surface area contributed by atoms with Gasteiger partial charge in [0.05, 0.1) is 0 Å². The summed E-state index contributed by atoms with van der Waals surface area (Å²) in [7, 11) is 0. The molecule has 0 unspecified atom stereocenters. The summed E-state index contributed by atoms with van der Waals surface area (Å²) in [6, 6.07) is 10.2. The van der Waals surface area contributed by atoms with Gasteiger partial charge in [0.15, 0.2) is 0 Å². The molecule has 0 atom stereocenters. The van der Waals surface area contributed by atoms with Crippen LogP contribution in [0.5, 0.6) is 0 Å². The van der Waals surface area contributed by atoms with Gasteiger partial charge in [0.1, 0.15) is 17.2 Å². The number of nitrogens with two attached hydrogens (primary N) is 1. The number of rotatable bonds is 3. The first-order valence-electron chi connectivity index (χ1n) is 5.64. The van der Waals surface area contributed by atoms with E-state index in [2.05, 4.69) is 5.32 Å². The van der Waals surface area contributed by atoms with E-state index < -0.39 is 23.1 Å². The van der Waals surface area contributed by atoms with Gasteiger partial charge in [0, 0.05) is 12.2 Å². The summed E-state index contributed by atoms with van der Waals surface area (Å²) in [5, 5.41) is 2.45. The van der Waals surface area contributed by atoms with Crippen LogP contribution in [0.3, 0.4) is 0 Å². The Hall–Kier alpha value is -2.43. The third-order valence-electron chi connectivity index (χ3n) is 2.59. The van der Waals surface area contributed by atoms with E-state index in [1.165, 1.54) is 6.07 Å². The van der Waals surface area contributed by atoms with Crippen molar-refractivity contribution in [2.24, 2.45) is 0 Å². The van der Waals surface area contributed by atoms with Crippen molar-refractivity contribution in [3.63, 3.8) is 0 Å². The average Bonchev–Trinajstić information content (AvgIpc) is 2.36. The zero-order valence-electron chi connectivity index (χ0n) is 9.99. The molecule has 2 aromatic rings. The molecule has 98 valence electrons. The maximum atomic E-state index is 13.4. The Morgan fingerprint density at radius 1 is 1.11 bits per heavy atom. The van der Waals surface area contributed by atoms with E-state index in [1.807, 2.05) is 0 Å². The second-order valence-electron chi connectivity index (χ2n) is 4.02. The smallest absolute Gasteiger partial charge is 0.257 e. The predicted molar refractivity (Wildman–Crippen MR) is 68.4 cm³/mol. The van der Waals surface area contributed by atoms with Crippen LogP contribution in [-0.4, -0.2) is 5.91 Å². The van der Waals surface area contributed by atoms with Crippen LogP contribution in [0.4, 0.5) is 14.5 Å². The Morgan fingerprint density at radius 3 is 2.37 bits per heavy atom. The number of anilines is 1. The highest BCUT2D eigenvalue weighted by Gasteiger charge is 2.16. The molecule has 2 rings (SSSR count). The molecule has 1 amide bonds. The maximum absolute atomic E-state index is 13.4. The van der Waals surface area contributed by atoms with Crippen LogP contribution in [0.15, 0.2) is 42.5 Å². The van der Waals surface area contributed by atoms with Gasteiger partial charge in [-0.1, -0.05) is 18.2 Å². The van der Waals surface area contributed by atoms with Crippen molar-refractivity contribution in [1.29, 1.82) is 0 Å². The molecule has 0 heterocycles. The Kier molecular flexibility index (Phi) is 3.75. The minimum absolute atomic E-state index is 0.150. The first-order valence-corrected chi connectivity index (χ1v) is 5.64. The number of hydrogen-bond acceptors (Lipinski definition) is 2. The van der Waals surface area contributed by atoms with Crippen molar-refractivity contribution in [3.05, 3.63) is 65.2 Å². The lowest BCUT2D eigenvalue weighted by molar-refractivity contribution is 0.0942. The fourth-order valence-corrected chi connectivity index (χ4v) is 1.69. The molecule has 2 aromatic carbocycles. The van der Waals surface area contributed by atoms with E-state index in [0.29, 0.717) is 5.69 Å². The normalized spacial score (nSPS) is 10.2. The van der Waals surface area contributed by atoms with Crippen molar-refractivity contribution < 1.29 is 13.6 Å². The van der Waals surface area contributed by atoms with Crippen LogP contribution in [0.25, 0.3) is 0 Å². The lowest BCUT2D eigenvalue weighted by Crippen LogP contribution is -2.25. The molecule has 0 saturated heterocycles. The highest BCUT2D eigenvalue weighted by Crippen LogP contribution is 2.12. The largest absolute Gasteiger partial charge is 0.399 e. The fourth-order valence-electron chi connectivity index (χ4n) is 1.69. The number of carbonyl (C=O) groups is 1. The third-order valence-corrected chi connectivity index (χ3v) is 2.59. The van der Waals surface area contributed by atoms with Crippen molar-refractivity contribution in [2.75, 3.05) is 5.73 Å². The van der Waals surface area contributed by atoms with Gasteiger partial charge >= 0.3 is 0 Å². The van der Waals surface area contributed by atoms with Gasteiger partial charge in [-0.05, 0) is 29.8 Å². The minimum atomic E-state index is -0.884. The third kappa shape index (κ3) is 3.07. The van der Waals surface area contributed by atoms with Crippen molar-refractivity contribution in [1.82, 2.24) is 5.32 Å². The summed E-state index contributed by atoms with van der Waals surface area (Å²) in [5.41, 5.74) is 6.33. The van der Waals surface area contributed by atoms with Gasteiger partial charge in [0.2, 0.25) is 0 Å². The Morgan fingerprint density at radius 2 is 1.74 bits per heavy atom. The highest BCUT2D eigenvalue weighted by molar-refractivity contribution is 5.94. The van der Waals surface area contributed by atoms with E-state index in [4.69, 9.17) is 5.73 Å². The van der Waals surface area contributed by atoms with Crippen molar-refractivity contribution >= 4 is 11.6 Å². The second-order valence-corrected chi connectivity index (χ2v) is 4.02. The van der Waals surface area contributed by atoms with Crippen molar-refractivity contribution in [2.45, 2.75) is 6.54 Å². The average molecular weight is 262 g/mol. The van der Waals surface area contributed by atoms with Gasteiger partial charge in [0.25, 0.3) is 5.91 Å². The van der Waals surface area contributed by atoms with E-state index in [0.717, 1.165) is 17.7 Å². The summed E-state index contributed by atoms with van der Waals surface area (Å²) < 4.78 is 26.7. The minimum Gasteiger partial charge on any atom is -0.399 e. The van der Waals surface area contributed by atoms with E-state index in [1.54, 1.807) is 24.3 Å². The maximum Gasteiger partial charge on any atom is 0.257 e. The molecule has 5 heteroatoms. The molecule has 0 bridgehead atoms. The molecule has 0 fully saturated rings. The predicted octanol–water partition coefficient (Wildman–Crippen LogP) is 2.48. The van der Waals surface area contributed by atoms with Gasteiger partial charge in [-0.3, -0.25) is 4.79 Å². The van der Waals surface area contributed by atoms with E-state index in [9.17, 15) is 13.6 Å². The zero-order chi connectivity index (χ0) is 13.8. The monoisotopic (exact) mass is 262 g/mol. The molecule has 3 N–H and O–H groups in total. The Balaban J connectivity index is 2.10. The van der Waals surface area contributed by atoms with Gasteiger partial charge in [-0.15, -0.1) is 0 Å². The zero-order valence-corrected chi connectivity index (χ0v) is 9.99. The summed E-state index contributed by atoms with van der Waals surface area (Å²) in [6.45, 7) is 0.150. The molecule has 0 aliphatic carbocycles. The lowest BCUT2D eigenvalue weighted by Gasteiger charge is -2.07. The van der Waals surface area contributed by atoms with Gasteiger partial charge in [-0.2, -0.15) is 0 Å². The number of benzene rings is 2. The standard InChI is InChI=1S/C14H12F2N2O/c15-11-5-2-6-12(16)13(11)14(19)18-8-9-3-1-4-10(17)7-9/h1-7H,8,17H2,(H,18,19). The van der Waals surface area contributed by atoms with Gasteiger partial charge in [-0.25, -0.2) is 8.78 Å².